The van der Waals surface area contributed by atoms with Gasteiger partial charge in [-0.15, -0.1) is 11.8 Å². The lowest BCUT2D eigenvalue weighted by Gasteiger charge is -2.29. The Balaban J connectivity index is 1.25. The van der Waals surface area contributed by atoms with Crippen molar-refractivity contribution in [1.29, 1.82) is 0 Å². The van der Waals surface area contributed by atoms with Gasteiger partial charge in [0, 0.05) is 29.4 Å². The van der Waals surface area contributed by atoms with Crippen molar-refractivity contribution >= 4 is 23.1 Å². The number of hydrogen-bond acceptors (Lipinski definition) is 5. The van der Waals surface area contributed by atoms with Crippen molar-refractivity contribution < 1.29 is 9.47 Å². The number of ether oxygens (including phenoxy) is 2. The van der Waals surface area contributed by atoms with Gasteiger partial charge in [0.1, 0.15) is 6.61 Å². The van der Waals surface area contributed by atoms with Crippen LogP contribution >= 0.6 is 11.8 Å². The van der Waals surface area contributed by atoms with E-state index in [2.05, 4.69) is 71.3 Å². The van der Waals surface area contributed by atoms with Crippen molar-refractivity contribution in [2.24, 2.45) is 0 Å². The number of hydrogen-bond donors (Lipinski definition) is 2. The number of para-hydroxylation sites is 1. The molecule has 0 saturated carbocycles. The molecular weight excluding hydrogens is 380 g/mol. The average molecular weight is 403 g/mol. The standard InChI is InChI=1S/C24H22N2O2S/c1-2-4-23-19(3-1)26-13-24(29-23)17-6-8-20-21(12-17)28-22(14-27-20)16-5-7-18-15(11-16)9-10-25-18/h1-8,11-12,22,24-26H,9-10,13-14H2. The molecule has 0 amide bonds. The summed E-state index contributed by atoms with van der Waals surface area (Å²) < 4.78 is 12.4. The highest BCUT2D eigenvalue weighted by Crippen LogP contribution is 2.46. The second-order valence-corrected chi connectivity index (χ2v) is 8.95. The predicted molar refractivity (Wildman–Crippen MR) is 117 cm³/mol. The molecule has 3 heterocycles. The minimum absolute atomic E-state index is 0.0680. The van der Waals surface area contributed by atoms with Gasteiger partial charge in [0.2, 0.25) is 0 Å². The number of benzene rings is 3. The molecule has 3 aromatic carbocycles. The highest BCUT2D eigenvalue weighted by molar-refractivity contribution is 7.99. The van der Waals surface area contributed by atoms with Crippen LogP contribution in [0, 0.1) is 0 Å². The van der Waals surface area contributed by atoms with Gasteiger partial charge in [0.15, 0.2) is 17.6 Å². The molecule has 29 heavy (non-hydrogen) atoms. The van der Waals surface area contributed by atoms with Crippen LogP contribution in [0.1, 0.15) is 28.0 Å². The van der Waals surface area contributed by atoms with Crippen LogP contribution in [0.25, 0.3) is 0 Å². The van der Waals surface area contributed by atoms with Gasteiger partial charge in [-0.3, -0.25) is 0 Å². The van der Waals surface area contributed by atoms with Gasteiger partial charge in [-0.2, -0.15) is 0 Å². The fraction of sp³-hybridized carbons (Fsp3) is 0.250. The molecule has 4 nitrogen and oxygen atoms in total. The lowest BCUT2D eigenvalue weighted by molar-refractivity contribution is 0.0911. The molecule has 0 radical (unpaired) electrons. The summed E-state index contributed by atoms with van der Waals surface area (Å²) in [5.74, 6) is 1.68. The van der Waals surface area contributed by atoms with Gasteiger partial charge < -0.3 is 20.1 Å². The number of anilines is 2. The van der Waals surface area contributed by atoms with Gasteiger partial charge in [0.05, 0.1) is 5.25 Å². The third-order valence-corrected chi connectivity index (χ3v) is 7.18. The molecular formula is C24H22N2O2S. The fourth-order valence-corrected chi connectivity index (χ4v) is 5.46. The zero-order valence-electron chi connectivity index (χ0n) is 16.0. The number of fused-ring (bicyclic) bond motifs is 3. The summed E-state index contributed by atoms with van der Waals surface area (Å²) in [6.07, 6.45) is 1.01. The molecule has 3 aliphatic heterocycles. The Kier molecular flexibility index (Phi) is 4.08. The molecule has 0 spiro atoms. The van der Waals surface area contributed by atoms with E-state index in [-0.39, 0.29) is 6.10 Å². The normalized spacial score (nSPS) is 21.5. The van der Waals surface area contributed by atoms with E-state index in [1.54, 1.807) is 0 Å². The molecule has 2 unspecified atom stereocenters. The lowest BCUT2D eigenvalue weighted by atomic mass is 10.0. The summed E-state index contributed by atoms with van der Waals surface area (Å²) in [5, 5.41) is 7.32. The molecule has 0 fully saturated rings. The van der Waals surface area contributed by atoms with Gasteiger partial charge in [-0.25, -0.2) is 0 Å². The zero-order valence-corrected chi connectivity index (χ0v) is 16.8. The molecule has 5 heteroatoms. The molecule has 0 aromatic heterocycles. The highest BCUT2D eigenvalue weighted by atomic mass is 32.2. The first-order chi connectivity index (χ1) is 14.3. The first kappa shape index (κ1) is 17.1. The Morgan fingerprint density at radius 3 is 2.79 bits per heavy atom. The van der Waals surface area contributed by atoms with Gasteiger partial charge in [0.25, 0.3) is 0 Å². The summed E-state index contributed by atoms with van der Waals surface area (Å²) in [6.45, 7) is 2.47. The van der Waals surface area contributed by atoms with E-state index in [9.17, 15) is 0 Å². The zero-order chi connectivity index (χ0) is 19.2. The first-order valence-electron chi connectivity index (χ1n) is 10.1. The van der Waals surface area contributed by atoms with Crippen molar-refractivity contribution in [2.45, 2.75) is 22.7 Å². The van der Waals surface area contributed by atoms with E-state index in [1.807, 2.05) is 11.8 Å². The second kappa shape index (κ2) is 6.92. The van der Waals surface area contributed by atoms with E-state index in [0.717, 1.165) is 31.0 Å². The number of nitrogens with one attached hydrogen (secondary N) is 2. The quantitative estimate of drug-likeness (QED) is 0.599. The summed E-state index contributed by atoms with van der Waals surface area (Å²) in [5.41, 5.74) is 6.28. The van der Waals surface area contributed by atoms with Crippen LogP contribution in [0.5, 0.6) is 11.5 Å². The molecule has 2 atom stereocenters. The Morgan fingerprint density at radius 1 is 0.862 bits per heavy atom. The molecule has 146 valence electrons. The largest absolute Gasteiger partial charge is 0.485 e. The Bertz CT molecular complexity index is 1080. The Labute approximate surface area is 174 Å². The molecule has 3 aromatic rings. The van der Waals surface area contributed by atoms with Crippen molar-refractivity contribution in [2.75, 3.05) is 30.3 Å². The number of thioether (sulfide) groups is 1. The van der Waals surface area contributed by atoms with Crippen LogP contribution in [0.15, 0.2) is 65.6 Å². The van der Waals surface area contributed by atoms with E-state index in [1.165, 1.54) is 33.0 Å². The van der Waals surface area contributed by atoms with Crippen LogP contribution in [0.3, 0.4) is 0 Å². The first-order valence-corrected chi connectivity index (χ1v) is 11.0. The molecule has 3 aliphatic rings. The SMILES string of the molecule is c1ccc2c(c1)NCC(c1ccc3c(c1)OC(c1ccc4c(c1)CCN4)CO3)S2. The van der Waals surface area contributed by atoms with Gasteiger partial charge in [-0.05, 0) is 59.5 Å². The minimum atomic E-state index is -0.0680. The maximum absolute atomic E-state index is 6.40. The highest BCUT2D eigenvalue weighted by Gasteiger charge is 2.26. The van der Waals surface area contributed by atoms with E-state index in [0.29, 0.717) is 11.9 Å². The van der Waals surface area contributed by atoms with E-state index in [4.69, 9.17) is 9.47 Å². The third kappa shape index (κ3) is 3.10. The second-order valence-electron chi connectivity index (χ2n) is 7.70. The molecule has 0 bridgehead atoms. The molecule has 2 N–H and O–H groups in total. The predicted octanol–water partition coefficient (Wildman–Crippen LogP) is 5.43. The van der Waals surface area contributed by atoms with Crippen LogP contribution in [0.2, 0.25) is 0 Å². The van der Waals surface area contributed by atoms with Crippen LogP contribution in [0.4, 0.5) is 11.4 Å². The van der Waals surface area contributed by atoms with Crippen LogP contribution in [-0.2, 0) is 6.42 Å². The molecule has 0 aliphatic carbocycles. The van der Waals surface area contributed by atoms with Crippen molar-refractivity contribution in [1.82, 2.24) is 0 Å². The van der Waals surface area contributed by atoms with E-state index < -0.39 is 0 Å². The molecule has 0 saturated heterocycles. The minimum Gasteiger partial charge on any atom is -0.485 e. The van der Waals surface area contributed by atoms with Crippen molar-refractivity contribution in [3.63, 3.8) is 0 Å². The van der Waals surface area contributed by atoms with Crippen molar-refractivity contribution in [3.8, 4) is 11.5 Å². The van der Waals surface area contributed by atoms with Gasteiger partial charge in [-0.1, -0.05) is 24.3 Å². The third-order valence-electron chi connectivity index (χ3n) is 5.84. The average Bonchev–Trinajstić information content (AvgIpc) is 3.26. The smallest absolute Gasteiger partial charge is 0.162 e. The van der Waals surface area contributed by atoms with Gasteiger partial charge >= 0.3 is 0 Å². The fourth-order valence-electron chi connectivity index (χ4n) is 4.28. The van der Waals surface area contributed by atoms with E-state index >= 15 is 0 Å². The molecule has 6 rings (SSSR count). The Morgan fingerprint density at radius 2 is 1.79 bits per heavy atom. The Hall–Kier alpha value is -2.79. The summed E-state index contributed by atoms with van der Waals surface area (Å²) in [7, 11) is 0. The summed E-state index contributed by atoms with van der Waals surface area (Å²) in [4.78, 5) is 1.29. The lowest BCUT2D eigenvalue weighted by Crippen LogP contribution is -2.22. The maximum Gasteiger partial charge on any atom is 0.162 e. The maximum atomic E-state index is 6.40. The van der Waals surface area contributed by atoms with Crippen molar-refractivity contribution in [3.05, 3.63) is 77.4 Å². The van der Waals surface area contributed by atoms with Crippen LogP contribution < -0.4 is 20.1 Å². The summed E-state index contributed by atoms with van der Waals surface area (Å²) in [6, 6.07) is 21.4. The topological polar surface area (TPSA) is 42.5 Å². The number of rotatable bonds is 2. The van der Waals surface area contributed by atoms with Crippen LogP contribution in [-0.4, -0.2) is 19.7 Å². The summed E-state index contributed by atoms with van der Waals surface area (Å²) >= 11 is 1.91. The monoisotopic (exact) mass is 402 g/mol.